The summed E-state index contributed by atoms with van der Waals surface area (Å²) in [5.41, 5.74) is 0.660. The Labute approximate surface area is 200 Å². The van der Waals surface area contributed by atoms with Crippen LogP contribution in [0.4, 0.5) is 0 Å². The monoisotopic (exact) mass is 458 g/mol. The van der Waals surface area contributed by atoms with Crippen LogP contribution in [0.1, 0.15) is 106 Å². The number of fused-ring (bicyclic) bond motifs is 5. The molecule has 4 nitrogen and oxygen atoms in total. The van der Waals surface area contributed by atoms with Crippen LogP contribution in [0.2, 0.25) is 0 Å². The van der Waals surface area contributed by atoms with Crippen molar-refractivity contribution in [3.8, 4) is 0 Å². The lowest BCUT2D eigenvalue weighted by Gasteiger charge is -2.58. The maximum atomic E-state index is 13.4. The van der Waals surface area contributed by atoms with Gasteiger partial charge in [-0.2, -0.15) is 0 Å². The highest BCUT2D eigenvalue weighted by molar-refractivity contribution is 5.98. The topological polar surface area (TPSA) is 63.6 Å². The van der Waals surface area contributed by atoms with E-state index in [9.17, 15) is 14.7 Å². The molecule has 4 aliphatic carbocycles. The lowest BCUT2D eigenvalue weighted by atomic mass is 9.46. The van der Waals surface area contributed by atoms with E-state index in [1.165, 1.54) is 39.0 Å². The highest BCUT2D eigenvalue weighted by atomic mass is 16.5. The number of hydrogen-bond donors (Lipinski definition) is 1. The first-order chi connectivity index (χ1) is 15.3. The fraction of sp³-hybridized carbons (Fsp3) is 0.862. The van der Waals surface area contributed by atoms with Crippen LogP contribution in [-0.4, -0.2) is 28.6 Å². The Bertz CT molecular complexity index is 807. The summed E-state index contributed by atoms with van der Waals surface area (Å²) in [5, 5.41) is 10.1. The summed E-state index contributed by atoms with van der Waals surface area (Å²) >= 11 is 0. The third kappa shape index (κ3) is 4.58. The van der Waals surface area contributed by atoms with Gasteiger partial charge >= 0.3 is 5.97 Å². The third-order valence-corrected chi connectivity index (χ3v) is 10.4. The third-order valence-electron chi connectivity index (χ3n) is 10.4. The molecule has 0 saturated heterocycles. The van der Waals surface area contributed by atoms with E-state index in [1.807, 2.05) is 19.9 Å². The normalized spacial score (nSPS) is 41.5. The van der Waals surface area contributed by atoms with E-state index in [2.05, 4.69) is 20.8 Å². The lowest BCUT2D eigenvalue weighted by Crippen LogP contribution is -2.53. The molecule has 0 aromatic carbocycles. The molecular formula is C29H46O4. The van der Waals surface area contributed by atoms with Crippen molar-refractivity contribution in [2.75, 3.05) is 0 Å². The van der Waals surface area contributed by atoms with Gasteiger partial charge < -0.3 is 9.84 Å². The van der Waals surface area contributed by atoms with Crippen LogP contribution in [0.25, 0.3) is 0 Å². The molecule has 4 rings (SSSR count). The summed E-state index contributed by atoms with van der Waals surface area (Å²) in [7, 11) is 0. The molecule has 0 aliphatic heterocycles. The van der Waals surface area contributed by atoms with Crippen LogP contribution in [0, 0.1) is 40.4 Å². The van der Waals surface area contributed by atoms with Gasteiger partial charge in [0, 0.05) is 18.9 Å². The number of rotatable bonds is 6. The van der Waals surface area contributed by atoms with Crippen molar-refractivity contribution in [2.45, 2.75) is 117 Å². The molecule has 0 spiro atoms. The fourth-order valence-electron chi connectivity index (χ4n) is 8.86. The average molecular weight is 459 g/mol. The number of carbonyl (C=O) groups is 2. The fourth-order valence-corrected chi connectivity index (χ4v) is 8.86. The summed E-state index contributed by atoms with van der Waals surface area (Å²) < 4.78 is 5.47. The molecule has 0 bridgehead atoms. The minimum atomic E-state index is -0.572. The van der Waals surface area contributed by atoms with Crippen molar-refractivity contribution in [3.05, 3.63) is 11.6 Å². The Kier molecular flexibility index (Phi) is 6.66. The van der Waals surface area contributed by atoms with Crippen molar-refractivity contribution >= 4 is 11.8 Å². The van der Waals surface area contributed by atoms with Crippen molar-refractivity contribution in [1.82, 2.24) is 0 Å². The Balaban J connectivity index is 1.50. The van der Waals surface area contributed by atoms with E-state index in [-0.39, 0.29) is 17.5 Å². The van der Waals surface area contributed by atoms with E-state index >= 15 is 0 Å². The van der Waals surface area contributed by atoms with Crippen molar-refractivity contribution < 1.29 is 19.4 Å². The first-order valence-corrected chi connectivity index (χ1v) is 13.5. The van der Waals surface area contributed by atoms with Gasteiger partial charge in [-0.1, -0.05) is 33.6 Å². The highest BCUT2D eigenvalue weighted by Gasteiger charge is 2.61. The van der Waals surface area contributed by atoms with Crippen molar-refractivity contribution in [3.63, 3.8) is 0 Å². The molecule has 0 radical (unpaired) electrons. The number of carbonyl (C=O) groups excluding carboxylic acids is 2. The molecule has 3 fully saturated rings. The number of ether oxygens (including phenoxy) is 1. The van der Waals surface area contributed by atoms with E-state index in [1.54, 1.807) is 0 Å². The molecule has 0 heterocycles. The molecule has 33 heavy (non-hydrogen) atoms. The standard InChI is InChI=1S/C29H46O4/c1-18(8-7-13-27(3,4)32)22-9-10-23-21-17-26(31)25-16-20(33-19(2)30)11-14-29(25,6)24(21)12-15-28(22,23)5/h16,18,20-24,32H,7-15,17H2,1-6H3. The minimum absolute atomic E-state index is 0.0611. The van der Waals surface area contributed by atoms with Gasteiger partial charge in [-0.15, -0.1) is 0 Å². The highest BCUT2D eigenvalue weighted by Crippen LogP contribution is 2.67. The summed E-state index contributed by atoms with van der Waals surface area (Å²) in [4.78, 5) is 24.9. The maximum Gasteiger partial charge on any atom is 0.303 e. The molecule has 1 N–H and O–H groups in total. The maximum absolute atomic E-state index is 13.4. The van der Waals surface area contributed by atoms with Crippen LogP contribution in [0.15, 0.2) is 11.6 Å². The van der Waals surface area contributed by atoms with Crippen molar-refractivity contribution in [2.24, 2.45) is 40.4 Å². The smallest absolute Gasteiger partial charge is 0.303 e. The van der Waals surface area contributed by atoms with Gasteiger partial charge in [-0.25, -0.2) is 0 Å². The van der Waals surface area contributed by atoms with Gasteiger partial charge in [0.1, 0.15) is 6.10 Å². The van der Waals surface area contributed by atoms with Gasteiger partial charge in [0.2, 0.25) is 0 Å². The molecule has 4 heteroatoms. The zero-order chi connectivity index (χ0) is 24.2. The predicted molar refractivity (Wildman–Crippen MR) is 130 cm³/mol. The zero-order valence-electron chi connectivity index (χ0n) is 21.8. The number of allylic oxidation sites excluding steroid dienone is 1. The predicted octanol–water partition coefficient (Wildman–Crippen LogP) is 6.25. The first kappa shape index (κ1) is 24.9. The zero-order valence-corrected chi connectivity index (χ0v) is 21.8. The molecule has 4 aliphatic rings. The molecule has 8 unspecified atom stereocenters. The first-order valence-electron chi connectivity index (χ1n) is 13.5. The number of hydrogen-bond acceptors (Lipinski definition) is 4. The van der Waals surface area contributed by atoms with Gasteiger partial charge in [-0.05, 0) is 105 Å². The van der Waals surface area contributed by atoms with Crippen LogP contribution < -0.4 is 0 Å². The Hall–Kier alpha value is -1.16. The van der Waals surface area contributed by atoms with Crippen LogP contribution in [0.3, 0.4) is 0 Å². The van der Waals surface area contributed by atoms with E-state index in [4.69, 9.17) is 4.74 Å². The van der Waals surface area contributed by atoms with Crippen LogP contribution in [-0.2, 0) is 14.3 Å². The summed E-state index contributed by atoms with van der Waals surface area (Å²) in [5.74, 6) is 3.16. The van der Waals surface area contributed by atoms with Crippen LogP contribution >= 0.6 is 0 Å². The second-order valence-corrected chi connectivity index (χ2v) is 13.1. The van der Waals surface area contributed by atoms with Gasteiger partial charge in [-0.3, -0.25) is 9.59 Å². The Morgan fingerprint density at radius 3 is 2.58 bits per heavy atom. The average Bonchev–Trinajstić information content (AvgIpc) is 3.05. The molecule has 186 valence electrons. The second kappa shape index (κ2) is 8.81. The molecule has 0 amide bonds. The molecule has 0 aromatic rings. The molecule has 0 aromatic heterocycles. The number of esters is 1. The number of ketones is 1. The quantitative estimate of drug-likeness (QED) is 0.478. The number of aliphatic hydroxyl groups is 1. The second-order valence-electron chi connectivity index (χ2n) is 13.1. The molecule has 3 saturated carbocycles. The lowest BCUT2D eigenvalue weighted by molar-refractivity contribution is -0.146. The molecular weight excluding hydrogens is 412 g/mol. The van der Waals surface area contributed by atoms with E-state index in [0.717, 1.165) is 37.2 Å². The summed E-state index contributed by atoms with van der Waals surface area (Å²) in [6, 6.07) is 0. The largest absolute Gasteiger partial charge is 0.458 e. The Morgan fingerprint density at radius 1 is 1.18 bits per heavy atom. The van der Waals surface area contributed by atoms with Crippen LogP contribution in [0.5, 0.6) is 0 Å². The minimum Gasteiger partial charge on any atom is -0.458 e. The van der Waals surface area contributed by atoms with Gasteiger partial charge in [0.25, 0.3) is 0 Å². The summed E-state index contributed by atoms with van der Waals surface area (Å²) in [6.07, 6.45) is 12.4. The SMILES string of the molecule is CC(=O)OC1C=C2C(=O)CC3C(CCC4(C)C(C(C)CCCC(C)(C)O)CCC34)C2(C)CC1. The van der Waals surface area contributed by atoms with Crippen molar-refractivity contribution in [1.29, 1.82) is 0 Å². The Morgan fingerprint density at radius 2 is 1.91 bits per heavy atom. The van der Waals surface area contributed by atoms with Gasteiger partial charge in [0.15, 0.2) is 5.78 Å². The number of Topliss-reactive ketones (excluding diaryl/α,β-unsaturated/α-hetero) is 1. The summed E-state index contributed by atoms with van der Waals surface area (Å²) in [6.45, 7) is 12.6. The van der Waals surface area contributed by atoms with E-state index < -0.39 is 5.60 Å². The van der Waals surface area contributed by atoms with E-state index in [0.29, 0.717) is 41.3 Å². The van der Waals surface area contributed by atoms with Gasteiger partial charge in [0.05, 0.1) is 5.60 Å². The molecule has 8 atom stereocenters.